The Morgan fingerprint density at radius 3 is 1.94 bits per heavy atom. The molecule has 2 aliphatic rings. The average Bonchev–Trinajstić information content (AvgIpc) is 2.87. The maximum atomic E-state index is 6.24. The van der Waals surface area contributed by atoms with Crippen LogP contribution >= 0.6 is 58.0 Å². The van der Waals surface area contributed by atoms with Gasteiger partial charge in [0.25, 0.3) is 0 Å². The van der Waals surface area contributed by atoms with Crippen molar-refractivity contribution in [1.29, 1.82) is 0 Å². The molecular formula is C12H7Cl5. The van der Waals surface area contributed by atoms with Gasteiger partial charge in [0, 0.05) is 0 Å². The van der Waals surface area contributed by atoms with Crippen molar-refractivity contribution >= 4 is 63.6 Å². The van der Waals surface area contributed by atoms with Crippen LogP contribution in [0.15, 0.2) is 35.4 Å². The van der Waals surface area contributed by atoms with Crippen LogP contribution in [0.25, 0.3) is 5.57 Å². The molecule has 1 fully saturated rings. The molecule has 0 heterocycles. The van der Waals surface area contributed by atoms with E-state index >= 15 is 0 Å². The van der Waals surface area contributed by atoms with E-state index in [-0.39, 0.29) is 0 Å². The summed E-state index contributed by atoms with van der Waals surface area (Å²) in [4.78, 5) is 0. The molecule has 0 amide bonds. The first-order chi connectivity index (χ1) is 7.84. The van der Waals surface area contributed by atoms with Crippen molar-refractivity contribution < 1.29 is 0 Å². The molecule has 1 aromatic carbocycles. The van der Waals surface area contributed by atoms with E-state index in [4.69, 9.17) is 58.0 Å². The zero-order valence-corrected chi connectivity index (χ0v) is 12.3. The SMILES string of the molecule is ClC1=C(c2ccccc2)C2(CC2(Cl)Cl)C1(Cl)Cl. The summed E-state index contributed by atoms with van der Waals surface area (Å²) in [6.07, 6.45) is 0.524. The number of halogens is 5. The summed E-state index contributed by atoms with van der Waals surface area (Å²) in [6.45, 7) is 0. The molecule has 0 radical (unpaired) electrons. The largest absolute Gasteiger partial charge is 0.166 e. The van der Waals surface area contributed by atoms with Crippen LogP contribution in [-0.2, 0) is 0 Å². The summed E-state index contributed by atoms with van der Waals surface area (Å²) in [7, 11) is 0. The second-order valence-corrected chi connectivity index (χ2v) is 7.61. The van der Waals surface area contributed by atoms with Gasteiger partial charge in [0.1, 0.15) is 4.33 Å². The van der Waals surface area contributed by atoms with Gasteiger partial charge < -0.3 is 0 Å². The quantitative estimate of drug-likeness (QED) is 0.607. The van der Waals surface area contributed by atoms with Gasteiger partial charge in [-0.15, -0.1) is 23.2 Å². The van der Waals surface area contributed by atoms with E-state index in [0.29, 0.717) is 11.5 Å². The van der Waals surface area contributed by atoms with Crippen LogP contribution in [0.5, 0.6) is 0 Å². The highest BCUT2D eigenvalue weighted by Gasteiger charge is 2.83. The zero-order valence-electron chi connectivity index (χ0n) is 8.48. The highest BCUT2D eigenvalue weighted by molar-refractivity contribution is 6.65. The molecular weight excluding hydrogens is 321 g/mol. The Morgan fingerprint density at radius 2 is 1.47 bits per heavy atom. The lowest BCUT2D eigenvalue weighted by atomic mass is 9.75. The van der Waals surface area contributed by atoms with Crippen LogP contribution < -0.4 is 0 Å². The molecule has 90 valence electrons. The summed E-state index contributed by atoms with van der Waals surface area (Å²) in [6, 6.07) is 9.68. The van der Waals surface area contributed by atoms with E-state index in [1.807, 2.05) is 30.3 Å². The van der Waals surface area contributed by atoms with Crippen LogP contribution in [0.3, 0.4) is 0 Å². The third-order valence-corrected chi connectivity index (χ3v) is 6.11. The predicted octanol–water partition coefficient (Wildman–Crippen LogP) is 5.39. The van der Waals surface area contributed by atoms with E-state index in [1.165, 1.54) is 0 Å². The van der Waals surface area contributed by atoms with Crippen LogP contribution in [0.1, 0.15) is 12.0 Å². The minimum atomic E-state index is -1.18. The summed E-state index contributed by atoms with van der Waals surface area (Å²) in [5.41, 5.74) is 1.21. The van der Waals surface area contributed by atoms with Gasteiger partial charge in [0.15, 0.2) is 4.33 Å². The molecule has 0 bridgehead atoms. The van der Waals surface area contributed by atoms with Crippen molar-refractivity contribution in [1.82, 2.24) is 0 Å². The Bertz CT molecular complexity index is 517. The third-order valence-electron chi connectivity index (χ3n) is 3.51. The van der Waals surface area contributed by atoms with Crippen molar-refractivity contribution in [2.24, 2.45) is 5.41 Å². The molecule has 1 saturated carbocycles. The van der Waals surface area contributed by atoms with Crippen molar-refractivity contribution in [3.8, 4) is 0 Å². The van der Waals surface area contributed by atoms with Gasteiger partial charge in [-0.25, -0.2) is 0 Å². The van der Waals surface area contributed by atoms with Crippen molar-refractivity contribution in [3.63, 3.8) is 0 Å². The smallest absolute Gasteiger partial charge is 0.100 e. The fraction of sp³-hybridized carbons (Fsp3) is 0.333. The summed E-state index contributed by atoms with van der Waals surface area (Å²) in [5, 5.41) is 0.426. The summed E-state index contributed by atoms with van der Waals surface area (Å²) in [5.74, 6) is 0. The average molecular weight is 328 g/mol. The van der Waals surface area contributed by atoms with E-state index in [0.717, 1.165) is 11.1 Å². The predicted molar refractivity (Wildman–Crippen MR) is 75.1 cm³/mol. The normalized spacial score (nSPS) is 32.5. The second-order valence-electron chi connectivity index (χ2n) is 4.42. The van der Waals surface area contributed by atoms with Crippen LogP contribution in [0.4, 0.5) is 0 Å². The lowest BCUT2D eigenvalue weighted by molar-refractivity contribution is 0.574. The second kappa shape index (κ2) is 3.49. The molecule has 0 aromatic heterocycles. The number of alkyl halides is 4. The van der Waals surface area contributed by atoms with Crippen LogP contribution in [0, 0.1) is 5.41 Å². The third kappa shape index (κ3) is 1.34. The standard InChI is InChI=1S/C12H7Cl5/c13-9-8(7-4-2-1-3-5-7)10(12(9,16)17)6-11(10,14)15/h1-5H,6H2. The van der Waals surface area contributed by atoms with E-state index in [2.05, 4.69) is 0 Å². The Morgan fingerprint density at radius 1 is 0.941 bits per heavy atom. The lowest BCUT2D eigenvalue weighted by Crippen LogP contribution is -2.43. The van der Waals surface area contributed by atoms with Crippen molar-refractivity contribution in [2.75, 3.05) is 0 Å². The molecule has 0 aliphatic heterocycles. The van der Waals surface area contributed by atoms with Crippen molar-refractivity contribution in [3.05, 3.63) is 40.9 Å². The number of rotatable bonds is 1. The Hall–Kier alpha value is 0.410. The summed E-state index contributed by atoms with van der Waals surface area (Å²) < 4.78 is -2.11. The van der Waals surface area contributed by atoms with E-state index in [9.17, 15) is 0 Å². The number of allylic oxidation sites excluding steroid dienone is 2. The molecule has 1 unspecified atom stereocenters. The number of benzene rings is 1. The Kier molecular flexibility index (Phi) is 2.56. The fourth-order valence-electron chi connectivity index (χ4n) is 2.50. The van der Waals surface area contributed by atoms with Gasteiger partial charge in [0.05, 0.1) is 10.4 Å². The highest BCUT2D eigenvalue weighted by Crippen LogP contribution is 2.84. The fourth-order valence-corrected chi connectivity index (χ4v) is 4.84. The monoisotopic (exact) mass is 326 g/mol. The van der Waals surface area contributed by atoms with E-state index in [1.54, 1.807) is 0 Å². The first-order valence-corrected chi connectivity index (χ1v) is 6.95. The summed E-state index contributed by atoms with van der Waals surface area (Å²) >= 11 is 31.1. The molecule has 17 heavy (non-hydrogen) atoms. The molecule has 2 aliphatic carbocycles. The topological polar surface area (TPSA) is 0 Å². The minimum Gasteiger partial charge on any atom is -0.100 e. The molecule has 1 spiro atoms. The number of hydrogen-bond donors (Lipinski definition) is 0. The van der Waals surface area contributed by atoms with Gasteiger partial charge in [0.2, 0.25) is 0 Å². The van der Waals surface area contributed by atoms with Crippen molar-refractivity contribution in [2.45, 2.75) is 15.1 Å². The maximum absolute atomic E-state index is 6.24. The molecule has 1 aromatic rings. The van der Waals surface area contributed by atoms with Gasteiger partial charge in [-0.1, -0.05) is 65.1 Å². The number of hydrogen-bond acceptors (Lipinski definition) is 0. The highest BCUT2D eigenvalue weighted by atomic mass is 35.5. The molecule has 0 N–H and O–H groups in total. The van der Waals surface area contributed by atoms with Gasteiger partial charge >= 0.3 is 0 Å². The molecule has 3 rings (SSSR count). The van der Waals surface area contributed by atoms with Gasteiger partial charge in [-0.05, 0) is 17.6 Å². The molecule has 0 nitrogen and oxygen atoms in total. The molecule has 1 atom stereocenters. The molecule has 5 heteroatoms. The zero-order chi connectivity index (χ0) is 12.5. The Balaban J connectivity index is 2.16. The van der Waals surface area contributed by atoms with Crippen LogP contribution in [-0.4, -0.2) is 8.67 Å². The first kappa shape index (κ1) is 12.4. The van der Waals surface area contributed by atoms with Gasteiger partial charge in [-0.2, -0.15) is 0 Å². The van der Waals surface area contributed by atoms with Crippen LogP contribution in [0.2, 0.25) is 0 Å². The van der Waals surface area contributed by atoms with E-state index < -0.39 is 14.1 Å². The maximum Gasteiger partial charge on any atom is 0.166 e. The van der Waals surface area contributed by atoms with Gasteiger partial charge in [-0.3, -0.25) is 0 Å². The Labute approximate surface area is 124 Å². The first-order valence-electron chi connectivity index (χ1n) is 5.06. The molecule has 0 saturated heterocycles. The minimum absolute atomic E-state index is 0.426. The lowest BCUT2D eigenvalue weighted by Gasteiger charge is -2.44.